The summed E-state index contributed by atoms with van der Waals surface area (Å²) in [5, 5.41) is 2.22. The summed E-state index contributed by atoms with van der Waals surface area (Å²) in [6.45, 7) is 1.34. The molecule has 0 aliphatic rings. The van der Waals surface area contributed by atoms with E-state index < -0.39 is 0 Å². The molecule has 2 aromatic heterocycles. The van der Waals surface area contributed by atoms with Gasteiger partial charge in [0, 0.05) is 10.4 Å². The molecule has 0 bridgehead atoms. The van der Waals surface area contributed by atoms with Crippen molar-refractivity contribution in [2.75, 3.05) is 32.1 Å². The maximum absolute atomic E-state index is 13.2. The lowest BCUT2D eigenvalue weighted by Crippen LogP contribution is -3.06. The molecule has 0 spiro atoms. The quantitative estimate of drug-likeness (QED) is 0.558. The van der Waals surface area contributed by atoms with Gasteiger partial charge in [-0.15, -0.1) is 0 Å². The summed E-state index contributed by atoms with van der Waals surface area (Å²) < 4.78 is 6.75. The van der Waals surface area contributed by atoms with E-state index in [2.05, 4.69) is 19.1 Å². The number of hydrogen-bond acceptors (Lipinski definition) is 4. The fraction of sp³-hybridized carbons (Fsp3) is 0.200. The molecule has 2 heterocycles. The lowest BCUT2D eigenvalue weighted by atomic mass is 10.2. The summed E-state index contributed by atoms with van der Waals surface area (Å²) in [4.78, 5) is 20.8. The van der Waals surface area contributed by atoms with Crippen molar-refractivity contribution in [2.45, 2.75) is 0 Å². The van der Waals surface area contributed by atoms with Gasteiger partial charge in [0.25, 0.3) is 5.91 Å². The van der Waals surface area contributed by atoms with Gasteiger partial charge in [-0.1, -0.05) is 41.1 Å². The average molecular weight is 401 g/mol. The van der Waals surface area contributed by atoms with E-state index in [-0.39, 0.29) is 5.91 Å². The van der Waals surface area contributed by atoms with Crippen molar-refractivity contribution < 1.29 is 14.1 Å². The van der Waals surface area contributed by atoms with E-state index in [4.69, 9.17) is 16.0 Å². The van der Waals surface area contributed by atoms with Gasteiger partial charge in [-0.3, -0.25) is 9.69 Å². The Bertz CT molecular complexity index is 1090. The van der Waals surface area contributed by atoms with Gasteiger partial charge in [-0.25, -0.2) is 4.98 Å². The molecule has 1 N–H and O–H groups in total. The number of rotatable bonds is 5. The molecule has 1 amide bonds. The molecule has 5 nitrogen and oxygen atoms in total. The first kappa shape index (κ1) is 18.0. The number of anilines is 1. The number of amides is 1. The molecule has 4 aromatic rings. The Labute approximate surface area is 165 Å². The fourth-order valence-corrected chi connectivity index (χ4v) is 4.11. The second kappa shape index (κ2) is 7.31. The number of hydrogen-bond donors (Lipinski definition) is 1. The SMILES string of the molecule is C[NH+](C)CCN(C(=O)c1cc2ccccc2o1)c1nc2ccc(Cl)cc2s1. The summed E-state index contributed by atoms with van der Waals surface area (Å²) >= 11 is 7.55. The van der Waals surface area contributed by atoms with Gasteiger partial charge in [0.2, 0.25) is 0 Å². The van der Waals surface area contributed by atoms with Gasteiger partial charge in [0.1, 0.15) is 5.58 Å². The van der Waals surface area contributed by atoms with Crippen molar-refractivity contribution in [2.24, 2.45) is 0 Å². The molecule has 0 radical (unpaired) electrons. The van der Waals surface area contributed by atoms with Crippen LogP contribution < -0.4 is 9.80 Å². The number of furan rings is 1. The first-order valence-electron chi connectivity index (χ1n) is 8.67. The van der Waals surface area contributed by atoms with Gasteiger partial charge in [0.15, 0.2) is 10.9 Å². The standard InChI is InChI=1S/C20H18ClN3O2S/c1-23(2)9-10-24(20-22-15-8-7-14(21)12-18(15)27-20)19(25)17-11-13-5-3-4-6-16(13)26-17/h3-8,11-12H,9-10H2,1-2H3/p+1. The van der Waals surface area contributed by atoms with Crippen LogP contribution in [0.25, 0.3) is 21.2 Å². The molecular weight excluding hydrogens is 382 g/mol. The van der Waals surface area contributed by atoms with Crippen molar-refractivity contribution >= 4 is 55.2 Å². The molecule has 2 aromatic carbocycles. The lowest BCUT2D eigenvalue weighted by Gasteiger charge is -2.19. The van der Waals surface area contributed by atoms with E-state index in [0.29, 0.717) is 28.0 Å². The molecule has 0 fully saturated rings. The monoisotopic (exact) mass is 400 g/mol. The minimum atomic E-state index is -0.183. The van der Waals surface area contributed by atoms with E-state index in [1.807, 2.05) is 42.5 Å². The maximum atomic E-state index is 13.2. The summed E-state index contributed by atoms with van der Waals surface area (Å²) in [5.41, 5.74) is 1.54. The highest BCUT2D eigenvalue weighted by atomic mass is 35.5. The molecule has 0 atom stereocenters. The molecule has 0 aliphatic carbocycles. The van der Waals surface area contributed by atoms with Crippen molar-refractivity contribution in [1.29, 1.82) is 0 Å². The molecule has 27 heavy (non-hydrogen) atoms. The van der Waals surface area contributed by atoms with Gasteiger partial charge in [-0.2, -0.15) is 0 Å². The Kier molecular flexibility index (Phi) is 4.86. The van der Waals surface area contributed by atoms with E-state index >= 15 is 0 Å². The van der Waals surface area contributed by atoms with Crippen LogP contribution in [0.1, 0.15) is 10.6 Å². The fourth-order valence-electron chi connectivity index (χ4n) is 2.84. The van der Waals surface area contributed by atoms with E-state index in [1.54, 1.807) is 11.0 Å². The number of carbonyl (C=O) groups excluding carboxylic acids is 1. The van der Waals surface area contributed by atoms with Gasteiger partial charge >= 0.3 is 0 Å². The summed E-state index contributed by atoms with van der Waals surface area (Å²) in [5.74, 6) is 0.139. The Balaban J connectivity index is 1.73. The molecule has 138 valence electrons. The number of halogens is 1. The van der Waals surface area contributed by atoms with Crippen LogP contribution in [0.5, 0.6) is 0 Å². The largest absolute Gasteiger partial charge is 0.451 e. The minimum Gasteiger partial charge on any atom is -0.451 e. The number of benzene rings is 2. The van der Waals surface area contributed by atoms with Crippen LogP contribution in [-0.4, -0.2) is 38.1 Å². The highest BCUT2D eigenvalue weighted by Gasteiger charge is 2.25. The van der Waals surface area contributed by atoms with Crippen LogP contribution in [0.15, 0.2) is 52.9 Å². The number of carbonyl (C=O) groups is 1. The number of fused-ring (bicyclic) bond motifs is 2. The molecule has 7 heteroatoms. The van der Waals surface area contributed by atoms with Crippen LogP contribution in [0.3, 0.4) is 0 Å². The van der Waals surface area contributed by atoms with Crippen molar-refractivity contribution in [3.05, 3.63) is 59.3 Å². The molecule has 0 aliphatic heterocycles. The second-order valence-electron chi connectivity index (χ2n) is 6.67. The lowest BCUT2D eigenvalue weighted by molar-refractivity contribution is -0.856. The van der Waals surface area contributed by atoms with E-state index in [9.17, 15) is 4.79 Å². The summed E-state index contributed by atoms with van der Waals surface area (Å²) in [6, 6.07) is 15.0. The van der Waals surface area contributed by atoms with Gasteiger partial charge in [-0.05, 0) is 30.3 Å². The zero-order chi connectivity index (χ0) is 19.0. The number of nitrogens with zero attached hydrogens (tertiary/aromatic N) is 2. The van der Waals surface area contributed by atoms with Crippen LogP contribution in [0.2, 0.25) is 5.02 Å². The number of aromatic nitrogens is 1. The Hall–Kier alpha value is -2.41. The zero-order valence-electron chi connectivity index (χ0n) is 15.0. The van der Waals surface area contributed by atoms with Crippen LogP contribution in [0, 0.1) is 0 Å². The number of likely N-dealkylation sites (N-methyl/N-ethyl adjacent to an activating group) is 1. The number of para-hydroxylation sites is 1. The smallest absolute Gasteiger partial charge is 0.296 e. The first-order valence-corrected chi connectivity index (χ1v) is 9.86. The number of quaternary nitrogens is 1. The van der Waals surface area contributed by atoms with Crippen LogP contribution in [-0.2, 0) is 0 Å². The van der Waals surface area contributed by atoms with Crippen molar-refractivity contribution in [3.63, 3.8) is 0 Å². The second-order valence-corrected chi connectivity index (χ2v) is 8.12. The highest BCUT2D eigenvalue weighted by Crippen LogP contribution is 2.32. The van der Waals surface area contributed by atoms with Crippen molar-refractivity contribution in [1.82, 2.24) is 4.98 Å². The maximum Gasteiger partial charge on any atom is 0.296 e. The highest BCUT2D eigenvalue weighted by molar-refractivity contribution is 7.22. The molecule has 0 saturated heterocycles. The van der Waals surface area contributed by atoms with Gasteiger partial charge in [0.05, 0.1) is 37.4 Å². The number of nitrogens with one attached hydrogen (secondary N) is 1. The summed E-state index contributed by atoms with van der Waals surface area (Å²) in [7, 11) is 4.12. The topological polar surface area (TPSA) is 50.8 Å². The molecule has 0 unspecified atom stereocenters. The predicted molar refractivity (Wildman–Crippen MR) is 110 cm³/mol. The zero-order valence-corrected chi connectivity index (χ0v) is 16.6. The third-order valence-electron chi connectivity index (χ3n) is 4.29. The Morgan fingerprint density at radius 1 is 1.22 bits per heavy atom. The minimum absolute atomic E-state index is 0.183. The third-order valence-corrected chi connectivity index (χ3v) is 5.56. The average Bonchev–Trinajstić information content (AvgIpc) is 3.24. The third kappa shape index (κ3) is 3.69. The Morgan fingerprint density at radius 2 is 2.04 bits per heavy atom. The van der Waals surface area contributed by atoms with Crippen LogP contribution >= 0.6 is 22.9 Å². The first-order chi connectivity index (χ1) is 13.0. The van der Waals surface area contributed by atoms with E-state index in [0.717, 1.165) is 22.1 Å². The summed E-state index contributed by atoms with van der Waals surface area (Å²) in [6.07, 6.45) is 0. The van der Waals surface area contributed by atoms with Crippen molar-refractivity contribution in [3.8, 4) is 0 Å². The molecular formula is C20H19ClN3O2S+. The van der Waals surface area contributed by atoms with Crippen LogP contribution in [0.4, 0.5) is 5.13 Å². The predicted octanol–water partition coefficient (Wildman–Crippen LogP) is 3.49. The number of thiazole rings is 1. The van der Waals surface area contributed by atoms with Gasteiger partial charge < -0.3 is 9.32 Å². The molecule has 4 rings (SSSR count). The molecule has 0 saturated carbocycles. The normalized spacial score (nSPS) is 11.6. The van der Waals surface area contributed by atoms with E-state index in [1.165, 1.54) is 16.2 Å². The Morgan fingerprint density at radius 3 is 2.81 bits per heavy atom.